The van der Waals surface area contributed by atoms with Crippen LogP contribution < -0.4 is 5.32 Å². The fraction of sp³-hybridized carbons (Fsp3) is 0.154. The van der Waals surface area contributed by atoms with Gasteiger partial charge in [-0.2, -0.15) is 0 Å². The second-order valence-electron chi connectivity index (χ2n) is 7.82. The predicted octanol–water partition coefficient (Wildman–Crippen LogP) is 6.81. The summed E-state index contributed by atoms with van der Waals surface area (Å²) in [6, 6.07) is 22.7. The van der Waals surface area contributed by atoms with Crippen LogP contribution in [0.5, 0.6) is 0 Å². The molecule has 0 atom stereocenters. The van der Waals surface area contributed by atoms with Crippen molar-refractivity contribution >= 4 is 45.0 Å². The van der Waals surface area contributed by atoms with Gasteiger partial charge in [0.05, 0.1) is 0 Å². The highest BCUT2D eigenvalue weighted by atomic mass is 35.5. The number of para-hydroxylation sites is 2. The first-order valence-electron chi connectivity index (χ1n) is 10.5. The molecule has 0 amide bonds. The van der Waals surface area contributed by atoms with Crippen LogP contribution in [0.3, 0.4) is 0 Å². The van der Waals surface area contributed by atoms with Crippen LogP contribution in [0, 0.1) is 0 Å². The van der Waals surface area contributed by atoms with E-state index in [9.17, 15) is 0 Å². The van der Waals surface area contributed by atoms with Gasteiger partial charge in [0.15, 0.2) is 0 Å². The van der Waals surface area contributed by atoms with Crippen LogP contribution in [0.4, 0.5) is 0 Å². The number of hydrogen-bond acceptors (Lipinski definition) is 1. The van der Waals surface area contributed by atoms with Crippen LogP contribution >= 0.6 is 23.2 Å². The van der Waals surface area contributed by atoms with Gasteiger partial charge >= 0.3 is 0 Å². The van der Waals surface area contributed by atoms with Crippen molar-refractivity contribution in [2.75, 3.05) is 6.54 Å². The second-order valence-corrected chi connectivity index (χ2v) is 8.67. The molecule has 2 N–H and O–H groups in total. The number of rotatable bonds is 7. The summed E-state index contributed by atoms with van der Waals surface area (Å²) in [6.45, 7) is 2.46. The Morgan fingerprint density at radius 3 is 2.52 bits per heavy atom. The van der Waals surface area contributed by atoms with Crippen molar-refractivity contribution in [2.24, 2.45) is 0 Å². The normalized spacial score (nSPS) is 11.5. The van der Waals surface area contributed by atoms with Crippen molar-refractivity contribution in [1.29, 1.82) is 0 Å². The summed E-state index contributed by atoms with van der Waals surface area (Å²) < 4.78 is 2.27. The maximum atomic E-state index is 6.42. The van der Waals surface area contributed by atoms with Gasteiger partial charge in [-0.3, -0.25) is 0 Å². The lowest BCUT2D eigenvalue weighted by Gasteiger charge is -2.08. The first kappa shape index (κ1) is 20.2. The van der Waals surface area contributed by atoms with Crippen molar-refractivity contribution in [3.63, 3.8) is 0 Å². The van der Waals surface area contributed by atoms with Crippen LogP contribution in [0.25, 0.3) is 21.8 Å². The third-order valence-corrected chi connectivity index (χ3v) is 6.38. The minimum Gasteiger partial charge on any atom is -0.361 e. The highest BCUT2D eigenvalue weighted by Crippen LogP contribution is 2.26. The maximum Gasteiger partial charge on any atom is 0.0491 e. The lowest BCUT2D eigenvalue weighted by atomic mass is 10.1. The monoisotopic (exact) mass is 447 g/mol. The molecule has 0 saturated heterocycles. The summed E-state index contributed by atoms with van der Waals surface area (Å²) in [7, 11) is 0. The van der Waals surface area contributed by atoms with Crippen molar-refractivity contribution in [3.05, 3.63) is 106 Å². The molecule has 156 valence electrons. The Morgan fingerprint density at radius 2 is 1.65 bits per heavy atom. The smallest absolute Gasteiger partial charge is 0.0491 e. The minimum absolute atomic E-state index is 0.659. The number of fused-ring (bicyclic) bond motifs is 2. The molecule has 5 rings (SSSR count). The zero-order valence-electron chi connectivity index (χ0n) is 17.0. The van der Waals surface area contributed by atoms with Crippen LogP contribution in [-0.2, 0) is 19.5 Å². The molecule has 3 nitrogen and oxygen atoms in total. The fourth-order valence-corrected chi connectivity index (χ4v) is 4.68. The highest BCUT2D eigenvalue weighted by molar-refractivity contribution is 6.35. The van der Waals surface area contributed by atoms with Gasteiger partial charge in [0.25, 0.3) is 0 Å². The van der Waals surface area contributed by atoms with Gasteiger partial charge in [0.2, 0.25) is 0 Å². The van der Waals surface area contributed by atoms with Crippen molar-refractivity contribution < 1.29 is 0 Å². The molecule has 3 aromatic carbocycles. The van der Waals surface area contributed by atoms with Gasteiger partial charge in [-0.05, 0) is 53.9 Å². The summed E-state index contributed by atoms with van der Waals surface area (Å²) in [5, 5.41) is 7.56. The predicted molar refractivity (Wildman–Crippen MR) is 131 cm³/mol. The highest BCUT2D eigenvalue weighted by Gasteiger charge is 2.10. The first-order valence-corrected chi connectivity index (χ1v) is 11.2. The summed E-state index contributed by atoms with van der Waals surface area (Å²) >= 11 is 12.5. The molecule has 2 heterocycles. The lowest BCUT2D eigenvalue weighted by molar-refractivity contribution is 0.688. The Hall–Kier alpha value is -2.72. The SMILES string of the molecule is Clc1ccc(Cn2cc(CNCCc3c[nH]c4ccccc34)c3ccccc32)c(Cl)c1. The van der Waals surface area contributed by atoms with Crippen LogP contribution in [0.1, 0.15) is 16.7 Å². The molecule has 0 saturated carbocycles. The van der Waals surface area contributed by atoms with Gasteiger partial charge in [-0.15, -0.1) is 0 Å². The number of nitrogens with zero attached hydrogens (tertiary/aromatic N) is 1. The number of nitrogens with one attached hydrogen (secondary N) is 2. The third kappa shape index (κ3) is 4.22. The average Bonchev–Trinajstić information content (AvgIpc) is 3.35. The molecule has 0 aliphatic carbocycles. The summed E-state index contributed by atoms with van der Waals surface area (Å²) in [6.07, 6.45) is 5.34. The molecule has 0 unspecified atom stereocenters. The van der Waals surface area contributed by atoms with Gasteiger partial charge in [-0.1, -0.05) is 65.7 Å². The third-order valence-electron chi connectivity index (χ3n) is 5.79. The van der Waals surface area contributed by atoms with E-state index in [0.29, 0.717) is 16.6 Å². The number of halogens is 2. The van der Waals surface area contributed by atoms with Crippen LogP contribution in [0.2, 0.25) is 10.0 Å². The van der Waals surface area contributed by atoms with E-state index < -0.39 is 0 Å². The first-order chi connectivity index (χ1) is 15.2. The van der Waals surface area contributed by atoms with Crippen molar-refractivity contribution in [1.82, 2.24) is 14.9 Å². The fourth-order valence-electron chi connectivity index (χ4n) is 4.21. The molecule has 2 aromatic heterocycles. The summed E-state index contributed by atoms with van der Waals surface area (Å²) in [4.78, 5) is 3.36. The lowest BCUT2D eigenvalue weighted by Crippen LogP contribution is -2.16. The standard InChI is InChI=1S/C26H23Cl2N3/c27-21-10-9-19(24(28)13-21)16-31-17-20(23-6-2-4-8-26(23)31)14-29-12-11-18-15-30-25-7-3-1-5-22(18)25/h1-10,13,15,17,29-30H,11-12,14,16H2. The van der Waals surface area contributed by atoms with E-state index in [1.807, 2.05) is 12.1 Å². The van der Waals surface area contributed by atoms with E-state index in [0.717, 1.165) is 25.1 Å². The van der Waals surface area contributed by atoms with Crippen LogP contribution in [0.15, 0.2) is 79.1 Å². The number of benzene rings is 3. The topological polar surface area (TPSA) is 32.8 Å². The van der Waals surface area contributed by atoms with E-state index in [2.05, 4.69) is 75.8 Å². The molecule has 0 bridgehead atoms. The Kier molecular flexibility index (Phi) is 5.73. The number of hydrogen-bond donors (Lipinski definition) is 2. The Balaban J connectivity index is 1.31. The zero-order valence-corrected chi connectivity index (χ0v) is 18.5. The number of aromatic amines is 1. The molecule has 0 aliphatic heterocycles. The summed E-state index contributed by atoms with van der Waals surface area (Å²) in [5.41, 5.74) is 6.11. The molecule has 0 aliphatic rings. The molecule has 0 radical (unpaired) electrons. The quantitative estimate of drug-likeness (QED) is 0.264. The van der Waals surface area contributed by atoms with E-state index >= 15 is 0 Å². The number of aromatic nitrogens is 2. The van der Waals surface area contributed by atoms with Crippen molar-refractivity contribution in [2.45, 2.75) is 19.5 Å². The summed E-state index contributed by atoms with van der Waals surface area (Å²) in [5.74, 6) is 0. The molecular formula is C26H23Cl2N3. The van der Waals surface area contributed by atoms with E-state index in [1.54, 1.807) is 6.07 Å². The number of H-pyrrole nitrogens is 1. The Labute approximate surface area is 191 Å². The van der Waals surface area contributed by atoms with Gasteiger partial charge in [0.1, 0.15) is 0 Å². The molecular weight excluding hydrogens is 425 g/mol. The molecule has 0 fully saturated rings. The van der Waals surface area contributed by atoms with Crippen LogP contribution in [-0.4, -0.2) is 16.1 Å². The van der Waals surface area contributed by atoms with Gasteiger partial charge in [0, 0.05) is 57.3 Å². The molecule has 0 spiro atoms. The van der Waals surface area contributed by atoms with E-state index in [4.69, 9.17) is 23.2 Å². The minimum atomic E-state index is 0.659. The Morgan fingerprint density at radius 1 is 0.839 bits per heavy atom. The molecule has 5 heteroatoms. The molecule has 31 heavy (non-hydrogen) atoms. The second kappa shape index (κ2) is 8.80. The van der Waals surface area contributed by atoms with Gasteiger partial charge in [-0.25, -0.2) is 0 Å². The zero-order chi connectivity index (χ0) is 21.2. The van der Waals surface area contributed by atoms with Gasteiger partial charge < -0.3 is 14.9 Å². The maximum absolute atomic E-state index is 6.42. The van der Waals surface area contributed by atoms with E-state index in [-0.39, 0.29) is 0 Å². The van der Waals surface area contributed by atoms with Crippen molar-refractivity contribution in [3.8, 4) is 0 Å². The largest absolute Gasteiger partial charge is 0.361 e. The molecule has 5 aromatic rings. The average molecular weight is 448 g/mol. The Bertz CT molecular complexity index is 1350. The van der Waals surface area contributed by atoms with E-state index in [1.165, 1.54) is 32.9 Å².